The molecule has 4 heteroatoms. The summed E-state index contributed by atoms with van der Waals surface area (Å²) in [5.41, 5.74) is 2.61. The molecule has 1 aromatic carbocycles. The van der Waals surface area contributed by atoms with Crippen LogP contribution in [0, 0.1) is 5.92 Å². The highest BCUT2D eigenvalue weighted by atomic mass is 35.5. The second-order valence-corrected chi connectivity index (χ2v) is 6.06. The molecule has 1 saturated heterocycles. The lowest BCUT2D eigenvalue weighted by Crippen LogP contribution is -2.33. The number of aromatic amines is 1. The van der Waals surface area contributed by atoms with E-state index in [4.69, 9.17) is 11.6 Å². The van der Waals surface area contributed by atoms with Crippen molar-refractivity contribution >= 4 is 11.6 Å². The summed E-state index contributed by atoms with van der Waals surface area (Å²) < 4.78 is 0. The largest absolute Gasteiger partial charge is 0.348 e. The number of nitrogens with zero attached hydrogens (tertiary/aromatic N) is 2. The number of likely N-dealkylation sites (tertiary alicyclic amines) is 1. The highest BCUT2D eigenvalue weighted by Gasteiger charge is 2.19. The van der Waals surface area contributed by atoms with Crippen LogP contribution >= 0.6 is 11.6 Å². The van der Waals surface area contributed by atoms with E-state index in [1.165, 1.54) is 37.2 Å². The molecule has 3 rings (SSSR count). The first-order chi connectivity index (χ1) is 9.79. The first-order valence-electron chi connectivity index (χ1n) is 7.23. The predicted octanol–water partition coefficient (Wildman–Crippen LogP) is 3.52. The van der Waals surface area contributed by atoms with Crippen LogP contribution in [0.2, 0.25) is 5.02 Å². The van der Waals surface area contributed by atoms with Gasteiger partial charge in [0.2, 0.25) is 0 Å². The van der Waals surface area contributed by atoms with E-state index in [0.717, 1.165) is 23.9 Å². The SMILES string of the molecule is Clc1ccc(CN2CCC(Cc3cnc[nH]3)CC2)cc1. The van der Waals surface area contributed by atoms with E-state index in [0.29, 0.717) is 0 Å². The second-order valence-electron chi connectivity index (χ2n) is 5.63. The van der Waals surface area contributed by atoms with Gasteiger partial charge in [-0.15, -0.1) is 0 Å². The van der Waals surface area contributed by atoms with E-state index in [1.807, 2.05) is 18.3 Å². The highest BCUT2D eigenvalue weighted by molar-refractivity contribution is 6.30. The number of aromatic nitrogens is 2. The van der Waals surface area contributed by atoms with Crippen molar-refractivity contribution in [1.82, 2.24) is 14.9 Å². The van der Waals surface area contributed by atoms with Gasteiger partial charge in [-0.25, -0.2) is 4.98 Å². The molecule has 0 bridgehead atoms. The van der Waals surface area contributed by atoms with Gasteiger partial charge in [-0.1, -0.05) is 23.7 Å². The third-order valence-electron chi connectivity index (χ3n) is 4.09. The van der Waals surface area contributed by atoms with Gasteiger partial charge in [-0.05, 0) is 56.0 Å². The standard InChI is InChI=1S/C16H20ClN3/c17-15-3-1-14(2-4-15)11-20-7-5-13(6-8-20)9-16-10-18-12-19-16/h1-4,10,12-13H,5-9,11H2,(H,18,19). The number of benzene rings is 1. The maximum atomic E-state index is 5.92. The molecule has 0 saturated carbocycles. The minimum absolute atomic E-state index is 0.789. The number of imidazole rings is 1. The van der Waals surface area contributed by atoms with Crippen molar-refractivity contribution in [2.45, 2.75) is 25.8 Å². The average Bonchev–Trinajstić information content (AvgIpc) is 2.96. The third-order valence-corrected chi connectivity index (χ3v) is 4.34. The molecule has 0 amide bonds. The van der Waals surface area contributed by atoms with Gasteiger partial charge in [-0.3, -0.25) is 4.90 Å². The summed E-state index contributed by atoms with van der Waals surface area (Å²) >= 11 is 5.92. The Morgan fingerprint density at radius 2 is 1.95 bits per heavy atom. The van der Waals surface area contributed by atoms with Crippen LogP contribution in [0.5, 0.6) is 0 Å². The van der Waals surface area contributed by atoms with E-state index in [2.05, 4.69) is 27.0 Å². The monoisotopic (exact) mass is 289 g/mol. The van der Waals surface area contributed by atoms with Crippen molar-refractivity contribution in [3.05, 3.63) is 53.1 Å². The molecule has 2 aromatic rings. The lowest BCUT2D eigenvalue weighted by atomic mass is 9.92. The molecule has 1 N–H and O–H groups in total. The fourth-order valence-electron chi connectivity index (χ4n) is 2.90. The molecular formula is C16H20ClN3. The van der Waals surface area contributed by atoms with Gasteiger partial charge >= 0.3 is 0 Å². The minimum Gasteiger partial charge on any atom is -0.348 e. The first-order valence-corrected chi connectivity index (χ1v) is 7.61. The van der Waals surface area contributed by atoms with Crippen LogP contribution in [0.3, 0.4) is 0 Å². The number of hydrogen-bond acceptors (Lipinski definition) is 2. The van der Waals surface area contributed by atoms with E-state index < -0.39 is 0 Å². The van der Waals surface area contributed by atoms with Crippen molar-refractivity contribution in [3.8, 4) is 0 Å². The molecule has 3 nitrogen and oxygen atoms in total. The average molecular weight is 290 g/mol. The maximum absolute atomic E-state index is 5.92. The number of hydrogen-bond donors (Lipinski definition) is 1. The molecule has 1 aliphatic heterocycles. The van der Waals surface area contributed by atoms with Crippen LogP contribution in [0.4, 0.5) is 0 Å². The van der Waals surface area contributed by atoms with E-state index in [1.54, 1.807) is 6.33 Å². The number of piperidine rings is 1. The summed E-state index contributed by atoms with van der Waals surface area (Å²) in [6, 6.07) is 8.20. The van der Waals surface area contributed by atoms with Gasteiger partial charge in [-0.2, -0.15) is 0 Å². The van der Waals surface area contributed by atoms with Crippen molar-refractivity contribution in [2.24, 2.45) is 5.92 Å². The number of nitrogens with one attached hydrogen (secondary N) is 1. The van der Waals surface area contributed by atoms with Crippen molar-refractivity contribution in [2.75, 3.05) is 13.1 Å². The Labute approximate surface area is 125 Å². The van der Waals surface area contributed by atoms with Crippen molar-refractivity contribution < 1.29 is 0 Å². The van der Waals surface area contributed by atoms with Crippen molar-refractivity contribution in [3.63, 3.8) is 0 Å². The Bertz CT molecular complexity index is 513. The van der Waals surface area contributed by atoms with E-state index in [-0.39, 0.29) is 0 Å². The molecule has 0 unspecified atom stereocenters. The summed E-state index contributed by atoms with van der Waals surface area (Å²) in [4.78, 5) is 9.83. The van der Waals surface area contributed by atoms with Gasteiger partial charge in [0, 0.05) is 23.5 Å². The number of H-pyrrole nitrogens is 1. The lowest BCUT2D eigenvalue weighted by molar-refractivity contribution is 0.176. The zero-order valence-electron chi connectivity index (χ0n) is 11.6. The molecule has 0 atom stereocenters. The Hall–Kier alpha value is -1.32. The van der Waals surface area contributed by atoms with Crippen LogP contribution in [-0.2, 0) is 13.0 Å². The summed E-state index contributed by atoms with van der Waals surface area (Å²) in [5, 5.41) is 0.812. The Morgan fingerprint density at radius 3 is 2.60 bits per heavy atom. The molecule has 2 heterocycles. The van der Waals surface area contributed by atoms with Gasteiger partial charge in [0.25, 0.3) is 0 Å². The molecule has 0 spiro atoms. The van der Waals surface area contributed by atoms with E-state index in [9.17, 15) is 0 Å². The summed E-state index contributed by atoms with van der Waals surface area (Å²) in [7, 11) is 0. The summed E-state index contributed by atoms with van der Waals surface area (Å²) in [6.07, 6.45) is 7.39. The molecule has 1 fully saturated rings. The highest BCUT2D eigenvalue weighted by Crippen LogP contribution is 2.22. The summed E-state index contributed by atoms with van der Waals surface area (Å²) in [5.74, 6) is 0.789. The first kappa shape index (κ1) is 13.7. The Kier molecular flexibility index (Phi) is 4.38. The molecule has 1 aliphatic rings. The zero-order chi connectivity index (χ0) is 13.8. The molecule has 20 heavy (non-hydrogen) atoms. The normalized spacial score (nSPS) is 17.4. The lowest BCUT2D eigenvalue weighted by Gasteiger charge is -2.31. The van der Waals surface area contributed by atoms with Gasteiger partial charge in [0.05, 0.1) is 6.33 Å². The Balaban J connectivity index is 1.47. The fourth-order valence-corrected chi connectivity index (χ4v) is 3.03. The summed E-state index contributed by atoms with van der Waals surface area (Å²) in [6.45, 7) is 3.40. The molecule has 0 radical (unpaired) electrons. The zero-order valence-corrected chi connectivity index (χ0v) is 12.3. The van der Waals surface area contributed by atoms with Crippen LogP contribution in [0.1, 0.15) is 24.1 Å². The maximum Gasteiger partial charge on any atom is 0.0921 e. The topological polar surface area (TPSA) is 31.9 Å². The van der Waals surface area contributed by atoms with Gasteiger partial charge < -0.3 is 4.98 Å². The van der Waals surface area contributed by atoms with Crippen LogP contribution in [-0.4, -0.2) is 28.0 Å². The minimum atomic E-state index is 0.789. The van der Waals surface area contributed by atoms with Crippen LogP contribution in [0.15, 0.2) is 36.8 Å². The van der Waals surface area contributed by atoms with Crippen LogP contribution < -0.4 is 0 Å². The van der Waals surface area contributed by atoms with Crippen molar-refractivity contribution in [1.29, 1.82) is 0 Å². The van der Waals surface area contributed by atoms with E-state index >= 15 is 0 Å². The molecule has 0 aliphatic carbocycles. The molecule has 106 valence electrons. The smallest absolute Gasteiger partial charge is 0.0921 e. The molecular weight excluding hydrogens is 270 g/mol. The number of halogens is 1. The fraction of sp³-hybridized carbons (Fsp3) is 0.438. The van der Waals surface area contributed by atoms with Crippen LogP contribution in [0.25, 0.3) is 0 Å². The third kappa shape index (κ3) is 3.62. The predicted molar refractivity (Wildman–Crippen MR) is 81.7 cm³/mol. The van der Waals surface area contributed by atoms with Gasteiger partial charge in [0.1, 0.15) is 0 Å². The quantitative estimate of drug-likeness (QED) is 0.934. The number of rotatable bonds is 4. The second kappa shape index (κ2) is 6.42. The Morgan fingerprint density at radius 1 is 1.20 bits per heavy atom. The van der Waals surface area contributed by atoms with Gasteiger partial charge in [0.15, 0.2) is 0 Å². The molecule has 1 aromatic heterocycles.